The maximum atomic E-state index is 12.2. The summed E-state index contributed by atoms with van der Waals surface area (Å²) in [5, 5.41) is 12.0. The van der Waals surface area contributed by atoms with Crippen LogP contribution in [-0.2, 0) is 0 Å². The van der Waals surface area contributed by atoms with Crippen LogP contribution in [0.1, 0.15) is 20.7 Å². The van der Waals surface area contributed by atoms with E-state index in [1.807, 2.05) is 0 Å². The number of halogens is 3. The van der Waals surface area contributed by atoms with Gasteiger partial charge in [-0.3, -0.25) is 4.79 Å². The lowest BCUT2D eigenvalue weighted by Crippen LogP contribution is -2.15. The molecule has 7 heteroatoms. The minimum atomic E-state index is -1.13. The van der Waals surface area contributed by atoms with Crippen molar-refractivity contribution in [3.05, 3.63) is 61.5 Å². The van der Waals surface area contributed by atoms with Gasteiger partial charge in [0.15, 0.2) is 0 Å². The number of aromatic carboxylic acids is 1. The van der Waals surface area contributed by atoms with E-state index in [1.165, 1.54) is 12.1 Å². The van der Waals surface area contributed by atoms with E-state index >= 15 is 0 Å². The zero-order valence-corrected chi connectivity index (χ0v) is 14.3. The van der Waals surface area contributed by atoms with Crippen molar-refractivity contribution in [3.8, 4) is 0 Å². The molecule has 0 atom stereocenters. The first-order valence-electron chi connectivity index (χ1n) is 5.67. The standard InChI is InChI=1S/C14H8Br2ClNO3/c15-7-1-3-9(11(17)5-7)13(19)18-12-6-8(16)2-4-10(12)14(20)21/h1-6H,(H,18,19)(H,20,21). The Bertz CT molecular complexity index is 734. The Balaban J connectivity index is 2.35. The molecule has 21 heavy (non-hydrogen) atoms. The summed E-state index contributed by atoms with van der Waals surface area (Å²) in [6.45, 7) is 0. The second kappa shape index (κ2) is 6.60. The molecule has 0 bridgehead atoms. The molecule has 2 rings (SSSR count). The third-order valence-corrected chi connectivity index (χ3v) is 3.94. The molecule has 0 saturated heterocycles. The highest BCUT2D eigenvalue weighted by molar-refractivity contribution is 9.10. The number of hydrogen-bond donors (Lipinski definition) is 2. The molecule has 0 heterocycles. The fourth-order valence-corrected chi connectivity index (χ4v) is 2.79. The molecule has 0 spiro atoms. The molecular formula is C14H8Br2ClNO3. The van der Waals surface area contributed by atoms with Gasteiger partial charge in [-0.25, -0.2) is 4.79 Å². The van der Waals surface area contributed by atoms with Gasteiger partial charge in [-0.2, -0.15) is 0 Å². The van der Waals surface area contributed by atoms with Crippen LogP contribution in [0.5, 0.6) is 0 Å². The van der Waals surface area contributed by atoms with Crippen LogP contribution in [0.2, 0.25) is 5.02 Å². The predicted octanol–water partition coefficient (Wildman–Crippen LogP) is 4.82. The molecule has 2 aromatic carbocycles. The summed E-state index contributed by atoms with van der Waals surface area (Å²) < 4.78 is 1.41. The molecule has 0 aliphatic carbocycles. The maximum absolute atomic E-state index is 12.2. The van der Waals surface area contributed by atoms with E-state index in [0.29, 0.717) is 4.47 Å². The highest BCUT2D eigenvalue weighted by Gasteiger charge is 2.16. The first-order chi connectivity index (χ1) is 9.88. The molecule has 4 nitrogen and oxygen atoms in total. The van der Waals surface area contributed by atoms with Crippen LogP contribution in [0, 0.1) is 0 Å². The molecule has 2 aromatic rings. The number of anilines is 1. The van der Waals surface area contributed by atoms with Gasteiger partial charge in [-0.05, 0) is 36.4 Å². The predicted molar refractivity (Wildman–Crippen MR) is 88.2 cm³/mol. The van der Waals surface area contributed by atoms with Crippen molar-refractivity contribution in [1.82, 2.24) is 0 Å². The highest BCUT2D eigenvalue weighted by Crippen LogP contribution is 2.25. The fraction of sp³-hybridized carbons (Fsp3) is 0. The van der Waals surface area contributed by atoms with Crippen molar-refractivity contribution < 1.29 is 14.7 Å². The summed E-state index contributed by atoms with van der Waals surface area (Å²) in [6.07, 6.45) is 0. The Kier molecular flexibility index (Phi) is 5.03. The number of nitrogens with one attached hydrogen (secondary N) is 1. The second-order valence-electron chi connectivity index (χ2n) is 4.07. The van der Waals surface area contributed by atoms with Gasteiger partial charge in [0.1, 0.15) is 0 Å². The van der Waals surface area contributed by atoms with E-state index in [9.17, 15) is 9.59 Å². The van der Waals surface area contributed by atoms with Crippen LogP contribution >= 0.6 is 43.5 Å². The van der Waals surface area contributed by atoms with Crippen LogP contribution < -0.4 is 5.32 Å². The molecule has 0 saturated carbocycles. The normalized spacial score (nSPS) is 10.2. The zero-order valence-electron chi connectivity index (χ0n) is 10.4. The molecule has 1 amide bonds. The quantitative estimate of drug-likeness (QED) is 0.730. The van der Waals surface area contributed by atoms with E-state index in [4.69, 9.17) is 16.7 Å². The molecule has 108 valence electrons. The van der Waals surface area contributed by atoms with E-state index in [-0.39, 0.29) is 21.8 Å². The van der Waals surface area contributed by atoms with Crippen LogP contribution in [0.25, 0.3) is 0 Å². The lowest BCUT2D eigenvalue weighted by molar-refractivity contribution is 0.0698. The number of carbonyl (C=O) groups is 2. The number of rotatable bonds is 3. The van der Waals surface area contributed by atoms with Gasteiger partial charge in [0.05, 0.1) is 21.8 Å². The molecule has 0 radical (unpaired) electrons. The summed E-state index contributed by atoms with van der Waals surface area (Å²) in [5.74, 6) is -1.60. The SMILES string of the molecule is O=C(Nc1cc(Br)ccc1C(=O)O)c1ccc(Br)cc1Cl. The first kappa shape index (κ1) is 16.0. The van der Waals surface area contributed by atoms with Gasteiger partial charge in [-0.15, -0.1) is 0 Å². The molecular weight excluding hydrogens is 425 g/mol. The second-order valence-corrected chi connectivity index (χ2v) is 6.31. The Hall–Kier alpha value is -1.37. The van der Waals surface area contributed by atoms with E-state index in [0.717, 1.165) is 4.47 Å². The van der Waals surface area contributed by atoms with Gasteiger partial charge in [-0.1, -0.05) is 43.5 Å². The monoisotopic (exact) mass is 431 g/mol. The number of hydrogen-bond acceptors (Lipinski definition) is 2. The summed E-state index contributed by atoms with van der Waals surface area (Å²) in [7, 11) is 0. The number of benzene rings is 2. The van der Waals surface area contributed by atoms with Crippen molar-refractivity contribution in [2.75, 3.05) is 5.32 Å². The Morgan fingerprint density at radius 1 is 1.00 bits per heavy atom. The molecule has 0 aliphatic rings. The topological polar surface area (TPSA) is 66.4 Å². The molecule has 0 unspecified atom stereocenters. The Labute approximate surface area is 142 Å². The van der Waals surface area contributed by atoms with Crippen LogP contribution in [0.4, 0.5) is 5.69 Å². The zero-order chi connectivity index (χ0) is 15.6. The first-order valence-corrected chi connectivity index (χ1v) is 7.64. The van der Waals surface area contributed by atoms with Crippen molar-refractivity contribution in [2.45, 2.75) is 0 Å². The average Bonchev–Trinajstić information content (AvgIpc) is 2.37. The highest BCUT2D eigenvalue weighted by atomic mass is 79.9. The van der Waals surface area contributed by atoms with Gasteiger partial charge < -0.3 is 10.4 Å². The van der Waals surface area contributed by atoms with Crippen LogP contribution in [0.15, 0.2) is 45.3 Å². The lowest BCUT2D eigenvalue weighted by Gasteiger charge is -2.10. The number of carbonyl (C=O) groups excluding carboxylic acids is 1. The van der Waals surface area contributed by atoms with Gasteiger partial charge in [0, 0.05) is 8.95 Å². The summed E-state index contributed by atoms with van der Waals surface area (Å²) in [5.41, 5.74) is 0.455. The third-order valence-electron chi connectivity index (χ3n) is 2.64. The third kappa shape index (κ3) is 3.84. The lowest BCUT2D eigenvalue weighted by atomic mass is 10.1. The van der Waals surface area contributed by atoms with Gasteiger partial charge >= 0.3 is 5.97 Å². The summed E-state index contributed by atoms with van der Waals surface area (Å²) >= 11 is 12.5. The van der Waals surface area contributed by atoms with Crippen molar-refractivity contribution in [2.24, 2.45) is 0 Å². The summed E-state index contributed by atoms with van der Waals surface area (Å²) in [6, 6.07) is 9.35. The number of amides is 1. The van der Waals surface area contributed by atoms with E-state index in [2.05, 4.69) is 37.2 Å². The van der Waals surface area contributed by atoms with Gasteiger partial charge in [0.25, 0.3) is 5.91 Å². The number of carboxylic acid groups (broad SMARTS) is 1. The van der Waals surface area contributed by atoms with E-state index < -0.39 is 11.9 Å². The number of carboxylic acids is 1. The largest absolute Gasteiger partial charge is 0.478 e. The smallest absolute Gasteiger partial charge is 0.337 e. The minimum Gasteiger partial charge on any atom is -0.478 e. The summed E-state index contributed by atoms with van der Waals surface area (Å²) in [4.78, 5) is 23.4. The van der Waals surface area contributed by atoms with Crippen molar-refractivity contribution in [1.29, 1.82) is 0 Å². The Morgan fingerprint density at radius 2 is 1.57 bits per heavy atom. The minimum absolute atomic E-state index is 0.000200. The molecule has 0 aliphatic heterocycles. The van der Waals surface area contributed by atoms with Crippen molar-refractivity contribution in [3.63, 3.8) is 0 Å². The van der Waals surface area contributed by atoms with Crippen LogP contribution in [0.3, 0.4) is 0 Å². The average molecular weight is 433 g/mol. The fourth-order valence-electron chi connectivity index (χ4n) is 1.67. The van der Waals surface area contributed by atoms with Gasteiger partial charge in [0.2, 0.25) is 0 Å². The molecule has 0 fully saturated rings. The molecule has 0 aromatic heterocycles. The maximum Gasteiger partial charge on any atom is 0.337 e. The van der Waals surface area contributed by atoms with Crippen molar-refractivity contribution >= 4 is 61.0 Å². The van der Waals surface area contributed by atoms with E-state index in [1.54, 1.807) is 24.3 Å². The van der Waals surface area contributed by atoms with Crippen LogP contribution in [-0.4, -0.2) is 17.0 Å². The molecule has 2 N–H and O–H groups in total. The Morgan fingerprint density at radius 3 is 2.14 bits per heavy atom.